The van der Waals surface area contributed by atoms with Crippen LogP contribution in [-0.2, 0) is 17.9 Å². The van der Waals surface area contributed by atoms with E-state index in [0.717, 1.165) is 16.7 Å². The number of hydrogen-bond donors (Lipinski definition) is 0. The van der Waals surface area contributed by atoms with Gasteiger partial charge in [0.2, 0.25) is 0 Å². The molecule has 138 valence electrons. The first-order valence-electron chi connectivity index (χ1n) is 8.39. The summed E-state index contributed by atoms with van der Waals surface area (Å²) >= 11 is 6.04. The van der Waals surface area contributed by atoms with E-state index in [1.54, 1.807) is 4.57 Å². The Hall–Kier alpha value is -2.90. The second kappa shape index (κ2) is 7.38. The average Bonchev–Trinajstić information content (AvgIpc) is 3.10. The fourth-order valence-electron chi connectivity index (χ4n) is 2.94. The molecule has 2 aromatic carbocycles. The summed E-state index contributed by atoms with van der Waals surface area (Å²) in [4.78, 5) is 14.1. The highest BCUT2D eigenvalue weighted by molar-refractivity contribution is 6.30. The van der Waals surface area contributed by atoms with Gasteiger partial charge in [-0.2, -0.15) is 0 Å². The van der Waals surface area contributed by atoms with Crippen molar-refractivity contribution in [1.29, 1.82) is 0 Å². The van der Waals surface area contributed by atoms with Gasteiger partial charge in [0.1, 0.15) is 18.9 Å². The topological polar surface area (TPSA) is 79.4 Å². The minimum Gasteiger partial charge on any atom is -0.443 e. The lowest BCUT2D eigenvalue weighted by atomic mass is 10.0. The van der Waals surface area contributed by atoms with Crippen molar-refractivity contribution >= 4 is 17.4 Å². The van der Waals surface area contributed by atoms with Gasteiger partial charge in [-0.3, -0.25) is 4.57 Å². The van der Waals surface area contributed by atoms with E-state index in [-0.39, 0.29) is 17.9 Å². The summed E-state index contributed by atoms with van der Waals surface area (Å²) in [5, 5.41) is 11.5. The Morgan fingerprint density at radius 3 is 2.81 bits per heavy atom. The summed E-state index contributed by atoms with van der Waals surface area (Å²) in [5.74, 6) is -0.220. The van der Waals surface area contributed by atoms with Crippen LogP contribution in [0.1, 0.15) is 5.56 Å². The predicted octanol–water partition coefficient (Wildman–Crippen LogP) is 4.09. The molecule has 4 rings (SSSR count). The van der Waals surface area contributed by atoms with Crippen LogP contribution in [0.2, 0.25) is 5.02 Å². The van der Waals surface area contributed by atoms with Crippen molar-refractivity contribution in [3.8, 4) is 17.1 Å². The van der Waals surface area contributed by atoms with Crippen LogP contribution in [0.15, 0.2) is 54.7 Å². The molecule has 0 unspecified atom stereocenters. The van der Waals surface area contributed by atoms with Crippen LogP contribution in [0, 0.1) is 10.1 Å². The second-order valence-electron chi connectivity index (χ2n) is 6.24. The normalized spacial score (nSPS) is 15.8. The molecule has 0 spiro atoms. The molecular weight excluding hydrogens is 370 g/mol. The van der Waals surface area contributed by atoms with Crippen molar-refractivity contribution in [2.45, 2.75) is 19.3 Å². The number of imidazole rings is 1. The smallest absolute Gasteiger partial charge is 0.414 e. The van der Waals surface area contributed by atoms with Gasteiger partial charge < -0.3 is 19.6 Å². The van der Waals surface area contributed by atoms with Gasteiger partial charge in [-0.05, 0) is 33.7 Å². The van der Waals surface area contributed by atoms with Gasteiger partial charge >= 0.3 is 11.8 Å². The number of aromatic nitrogens is 2. The minimum absolute atomic E-state index is 0.195. The molecule has 0 fully saturated rings. The molecule has 0 bridgehead atoms. The number of halogens is 1. The Morgan fingerprint density at radius 1 is 1.26 bits per heavy atom. The first-order valence-corrected chi connectivity index (χ1v) is 8.77. The molecule has 8 heteroatoms. The Kier molecular flexibility index (Phi) is 4.79. The third kappa shape index (κ3) is 3.94. The standard InChI is InChI=1S/C19H16ClN3O4/c20-16-3-1-2-15(8-16)14-6-4-13(5-7-14)11-26-17-9-22-10-18(23(24)25)21-19(22)27-12-17/h1-8,10,17H,9,11-12H2/t17-/m0/s1. The lowest BCUT2D eigenvalue weighted by molar-refractivity contribution is -0.389. The summed E-state index contributed by atoms with van der Waals surface area (Å²) in [6.45, 7) is 1.21. The molecule has 7 nitrogen and oxygen atoms in total. The van der Waals surface area contributed by atoms with Gasteiger partial charge in [0, 0.05) is 10.0 Å². The number of rotatable bonds is 5. The zero-order valence-electron chi connectivity index (χ0n) is 14.2. The van der Waals surface area contributed by atoms with E-state index < -0.39 is 4.92 Å². The maximum Gasteiger partial charge on any atom is 0.414 e. The summed E-state index contributed by atoms with van der Waals surface area (Å²) in [6, 6.07) is 16.0. The van der Waals surface area contributed by atoms with E-state index in [1.165, 1.54) is 6.20 Å². The van der Waals surface area contributed by atoms with Crippen LogP contribution in [0.5, 0.6) is 6.01 Å². The van der Waals surface area contributed by atoms with Gasteiger partial charge in [0.15, 0.2) is 0 Å². The van der Waals surface area contributed by atoms with Crippen molar-refractivity contribution in [2.75, 3.05) is 6.61 Å². The zero-order chi connectivity index (χ0) is 18.8. The number of fused-ring (bicyclic) bond motifs is 1. The molecule has 1 aliphatic heterocycles. The molecule has 0 saturated carbocycles. The maximum atomic E-state index is 10.8. The summed E-state index contributed by atoms with van der Waals surface area (Å²) in [5.41, 5.74) is 3.17. The fraction of sp³-hybridized carbons (Fsp3) is 0.211. The predicted molar refractivity (Wildman–Crippen MR) is 99.8 cm³/mol. The highest BCUT2D eigenvalue weighted by atomic mass is 35.5. The van der Waals surface area contributed by atoms with Crippen molar-refractivity contribution in [2.24, 2.45) is 0 Å². The molecule has 1 aliphatic rings. The number of nitrogens with zero attached hydrogens (tertiary/aromatic N) is 3. The lowest BCUT2D eigenvalue weighted by Crippen LogP contribution is -2.32. The van der Waals surface area contributed by atoms with Crippen molar-refractivity contribution in [1.82, 2.24) is 9.55 Å². The third-order valence-corrected chi connectivity index (χ3v) is 4.55. The van der Waals surface area contributed by atoms with E-state index in [0.29, 0.717) is 24.8 Å². The molecule has 0 radical (unpaired) electrons. The van der Waals surface area contributed by atoms with E-state index in [9.17, 15) is 10.1 Å². The first kappa shape index (κ1) is 17.5. The highest BCUT2D eigenvalue weighted by Crippen LogP contribution is 2.25. The van der Waals surface area contributed by atoms with Crippen LogP contribution in [0.4, 0.5) is 5.82 Å². The average molecular weight is 386 g/mol. The molecule has 1 aromatic heterocycles. The van der Waals surface area contributed by atoms with Crippen LogP contribution < -0.4 is 4.74 Å². The molecule has 0 N–H and O–H groups in total. The monoisotopic (exact) mass is 385 g/mol. The van der Waals surface area contributed by atoms with Gasteiger partial charge in [-0.15, -0.1) is 0 Å². The van der Waals surface area contributed by atoms with Crippen LogP contribution in [0.3, 0.4) is 0 Å². The number of benzene rings is 2. The summed E-state index contributed by atoms with van der Waals surface area (Å²) < 4.78 is 13.0. The van der Waals surface area contributed by atoms with Crippen molar-refractivity contribution in [3.63, 3.8) is 0 Å². The molecule has 3 aromatic rings. The van der Waals surface area contributed by atoms with Crippen LogP contribution in [-0.4, -0.2) is 27.2 Å². The van der Waals surface area contributed by atoms with E-state index in [4.69, 9.17) is 21.1 Å². The van der Waals surface area contributed by atoms with Crippen LogP contribution >= 0.6 is 11.6 Å². The number of hydrogen-bond acceptors (Lipinski definition) is 5. The fourth-order valence-corrected chi connectivity index (χ4v) is 3.13. The highest BCUT2D eigenvalue weighted by Gasteiger charge is 2.28. The first-order chi connectivity index (χ1) is 13.1. The Bertz CT molecular complexity index is 971. The summed E-state index contributed by atoms with van der Waals surface area (Å²) in [7, 11) is 0. The SMILES string of the molecule is O=[N+]([O-])c1cn2c(n1)OC[C@@H](OCc1ccc(-c3cccc(Cl)c3)cc1)C2. The zero-order valence-corrected chi connectivity index (χ0v) is 15.0. The van der Waals surface area contributed by atoms with Gasteiger partial charge in [0.05, 0.1) is 13.2 Å². The van der Waals surface area contributed by atoms with Gasteiger partial charge in [-0.25, -0.2) is 0 Å². The number of nitro groups is 1. The quantitative estimate of drug-likeness (QED) is 0.488. The molecule has 1 atom stereocenters. The summed E-state index contributed by atoms with van der Waals surface area (Å²) in [6.07, 6.45) is 1.17. The Labute approximate surface area is 160 Å². The molecule has 0 saturated heterocycles. The second-order valence-corrected chi connectivity index (χ2v) is 6.68. The Morgan fingerprint density at radius 2 is 2.07 bits per heavy atom. The van der Waals surface area contributed by atoms with E-state index in [1.807, 2.05) is 48.5 Å². The molecule has 0 aliphatic carbocycles. The molecular formula is C19H16ClN3O4. The van der Waals surface area contributed by atoms with E-state index >= 15 is 0 Å². The molecule has 27 heavy (non-hydrogen) atoms. The van der Waals surface area contributed by atoms with Gasteiger partial charge in [-0.1, -0.05) is 48.0 Å². The largest absolute Gasteiger partial charge is 0.443 e. The third-order valence-electron chi connectivity index (χ3n) is 4.31. The minimum atomic E-state index is -0.536. The number of ether oxygens (including phenoxy) is 2. The van der Waals surface area contributed by atoms with Gasteiger partial charge in [0.25, 0.3) is 0 Å². The maximum absolute atomic E-state index is 10.8. The van der Waals surface area contributed by atoms with Crippen LogP contribution in [0.25, 0.3) is 11.1 Å². The van der Waals surface area contributed by atoms with Crippen molar-refractivity contribution in [3.05, 3.63) is 75.4 Å². The molecule has 2 heterocycles. The van der Waals surface area contributed by atoms with Crippen molar-refractivity contribution < 1.29 is 14.4 Å². The Balaban J connectivity index is 1.37. The van der Waals surface area contributed by atoms with E-state index in [2.05, 4.69) is 4.98 Å². The molecule has 0 amide bonds. The lowest BCUT2D eigenvalue weighted by Gasteiger charge is -2.22.